The van der Waals surface area contributed by atoms with E-state index < -0.39 is 10.0 Å². The largest absolute Gasteiger partial charge is 0.306 e. The van der Waals surface area contributed by atoms with Crippen molar-refractivity contribution in [2.45, 2.75) is 36.9 Å². The van der Waals surface area contributed by atoms with Crippen molar-refractivity contribution < 1.29 is 8.42 Å². The summed E-state index contributed by atoms with van der Waals surface area (Å²) in [6.45, 7) is 2.05. The van der Waals surface area contributed by atoms with Crippen LogP contribution in [0.2, 0.25) is 0 Å². The molecule has 0 N–H and O–H groups in total. The second-order valence-corrected chi connectivity index (χ2v) is 9.14. The molecule has 1 aromatic heterocycles. The topological polar surface area (TPSA) is 58.4 Å². The fourth-order valence-electron chi connectivity index (χ4n) is 4.15. The average molecular weight is 324 g/mol. The third-order valence-electron chi connectivity index (χ3n) is 5.65. The van der Waals surface area contributed by atoms with E-state index >= 15 is 0 Å². The Balaban J connectivity index is 1.49. The van der Waals surface area contributed by atoms with Gasteiger partial charge in [-0.1, -0.05) is 6.42 Å². The van der Waals surface area contributed by atoms with Crippen LogP contribution in [0.25, 0.3) is 0 Å². The maximum absolute atomic E-state index is 12.9. The molecule has 0 amide bonds. The minimum Gasteiger partial charge on any atom is -0.306 e. The van der Waals surface area contributed by atoms with Gasteiger partial charge in [-0.2, -0.15) is 9.40 Å². The number of aromatic nitrogens is 2. The number of piperidine rings is 1. The Hall–Kier alpha value is -0.920. The SMILES string of the molecule is CN(C)C1[C@H]2CN(S(=O)(=O)c3ccnn3CC3CCC3)C[C@@H]12. The van der Waals surface area contributed by atoms with Gasteiger partial charge in [0.15, 0.2) is 5.03 Å². The number of sulfonamides is 1. The third-order valence-corrected chi connectivity index (χ3v) is 7.50. The lowest BCUT2D eigenvalue weighted by atomic mass is 9.85. The minimum atomic E-state index is -3.39. The monoisotopic (exact) mass is 324 g/mol. The van der Waals surface area contributed by atoms with E-state index in [1.54, 1.807) is 21.3 Å². The second-order valence-electron chi connectivity index (χ2n) is 7.25. The molecule has 7 heteroatoms. The molecule has 0 bridgehead atoms. The van der Waals surface area contributed by atoms with Gasteiger partial charge in [0.2, 0.25) is 0 Å². The summed E-state index contributed by atoms with van der Waals surface area (Å²) in [4.78, 5) is 2.22. The van der Waals surface area contributed by atoms with E-state index in [1.165, 1.54) is 19.3 Å². The Morgan fingerprint density at radius 1 is 1.27 bits per heavy atom. The number of rotatable bonds is 5. The van der Waals surface area contributed by atoms with Gasteiger partial charge in [0, 0.05) is 25.7 Å². The first-order valence-corrected chi connectivity index (χ1v) is 9.61. The van der Waals surface area contributed by atoms with Crippen LogP contribution in [0, 0.1) is 17.8 Å². The van der Waals surface area contributed by atoms with E-state index in [9.17, 15) is 8.42 Å². The minimum absolute atomic E-state index is 0.377. The van der Waals surface area contributed by atoms with E-state index in [-0.39, 0.29) is 0 Å². The first kappa shape index (κ1) is 14.7. The summed E-state index contributed by atoms with van der Waals surface area (Å²) in [5.74, 6) is 1.61. The third kappa shape index (κ3) is 2.21. The van der Waals surface area contributed by atoms with Gasteiger partial charge in [-0.3, -0.25) is 4.68 Å². The molecule has 3 fully saturated rings. The first-order valence-electron chi connectivity index (χ1n) is 8.17. The number of nitrogens with zero attached hydrogens (tertiary/aromatic N) is 4. The lowest BCUT2D eigenvalue weighted by Crippen LogP contribution is -2.36. The average Bonchev–Trinajstić information content (AvgIpc) is 2.81. The predicted molar refractivity (Wildman–Crippen MR) is 82.8 cm³/mol. The van der Waals surface area contributed by atoms with Crippen LogP contribution < -0.4 is 0 Å². The normalized spacial score (nSPS) is 32.2. The second kappa shape index (κ2) is 5.04. The molecule has 0 radical (unpaired) electrons. The number of fused-ring (bicyclic) bond motifs is 1. The fraction of sp³-hybridized carbons (Fsp3) is 0.800. The van der Waals surface area contributed by atoms with E-state index in [0.29, 0.717) is 41.9 Å². The molecule has 22 heavy (non-hydrogen) atoms. The lowest BCUT2D eigenvalue weighted by Gasteiger charge is -2.27. The van der Waals surface area contributed by atoms with E-state index in [4.69, 9.17) is 0 Å². The maximum atomic E-state index is 12.9. The van der Waals surface area contributed by atoms with Crippen LogP contribution in [0.4, 0.5) is 0 Å². The van der Waals surface area contributed by atoms with Crippen LogP contribution in [-0.4, -0.2) is 60.6 Å². The molecular weight excluding hydrogens is 300 g/mol. The van der Waals surface area contributed by atoms with Gasteiger partial charge in [0.25, 0.3) is 10.0 Å². The summed E-state index contributed by atoms with van der Waals surface area (Å²) in [6.07, 6.45) is 5.26. The smallest absolute Gasteiger partial charge is 0.260 e. The standard InChI is InChI=1S/C15H24N4O2S/c1-17(2)15-12-9-18(10-13(12)15)22(20,21)14-6-7-16-19(14)8-11-4-3-5-11/h6-7,11-13,15H,3-5,8-10H2,1-2H3/t12-,13+,15?. The molecule has 122 valence electrons. The molecule has 3 aliphatic rings. The Morgan fingerprint density at radius 3 is 2.50 bits per heavy atom. The zero-order valence-corrected chi connectivity index (χ0v) is 14.0. The molecule has 3 atom stereocenters. The summed E-state index contributed by atoms with van der Waals surface area (Å²) in [5.41, 5.74) is 0. The number of hydrogen-bond acceptors (Lipinski definition) is 4. The Bertz CT molecular complexity index is 653. The molecule has 1 saturated heterocycles. The van der Waals surface area contributed by atoms with Crippen molar-refractivity contribution in [2.24, 2.45) is 17.8 Å². The summed E-state index contributed by atoms with van der Waals surface area (Å²) in [6, 6.07) is 2.22. The van der Waals surface area contributed by atoms with E-state index in [2.05, 4.69) is 24.1 Å². The Kier molecular flexibility index (Phi) is 3.36. The summed E-state index contributed by atoms with van der Waals surface area (Å²) < 4.78 is 29.2. The maximum Gasteiger partial charge on any atom is 0.260 e. The Labute approximate surface area is 132 Å². The van der Waals surface area contributed by atoms with Crippen LogP contribution in [0.15, 0.2) is 17.3 Å². The molecule has 1 aromatic rings. The van der Waals surface area contributed by atoms with Gasteiger partial charge in [0.05, 0.1) is 6.20 Å². The van der Waals surface area contributed by atoms with Crippen LogP contribution in [0.5, 0.6) is 0 Å². The van der Waals surface area contributed by atoms with Gasteiger partial charge in [-0.25, -0.2) is 8.42 Å². The van der Waals surface area contributed by atoms with E-state index in [1.807, 2.05) is 0 Å². The van der Waals surface area contributed by atoms with Crippen molar-refractivity contribution in [1.82, 2.24) is 19.0 Å². The van der Waals surface area contributed by atoms with Crippen LogP contribution in [0.1, 0.15) is 19.3 Å². The van der Waals surface area contributed by atoms with Gasteiger partial charge in [-0.05, 0) is 50.8 Å². The molecule has 1 unspecified atom stereocenters. The van der Waals surface area contributed by atoms with Crippen LogP contribution in [-0.2, 0) is 16.6 Å². The van der Waals surface area contributed by atoms with Gasteiger partial charge in [0.1, 0.15) is 0 Å². The Morgan fingerprint density at radius 2 is 1.95 bits per heavy atom. The molecule has 0 spiro atoms. The highest BCUT2D eigenvalue weighted by Gasteiger charge is 2.59. The van der Waals surface area contributed by atoms with Crippen molar-refractivity contribution in [2.75, 3.05) is 27.2 Å². The highest BCUT2D eigenvalue weighted by molar-refractivity contribution is 7.89. The highest BCUT2D eigenvalue weighted by atomic mass is 32.2. The van der Waals surface area contributed by atoms with Gasteiger partial charge < -0.3 is 4.90 Å². The molecule has 2 heterocycles. The van der Waals surface area contributed by atoms with E-state index in [0.717, 1.165) is 6.54 Å². The summed E-state index contributed by atoms with van der Waals surface area (Å²) in [7, 11) is 0.766. The molecule has 2 saturated carbocycles. The van der Waals surface area contributed by atoms with Crippen molar-refractivity contribution in [1.29, 1.82) is 0 Å². The summed E-state index contributed by atoms with van der Waals surface area (Å²) >= 11 is 0. The summed E-state index contributed by atoms with van der Waals surface area (Å²) in [5, 5.41) is 4.63. The van der Waals surface area contributed by atoms with Crippen molar-refractivity contribution in [3.8, 4) is 0 Å². The van der Waals surface area contributed by atoms with Gasteiger partial charge in [-0.15, -0.1) is 0 Å². The molecule has 4 rings (SSSR count). The van der Waals surface area contributed by atoms with Crippen molar-refractivity contribution in [3.63, 3.8) is 0 Å². The molecule has 2 aliphatic carbocycles. The highest BCUT2D eigenvalue weighted by Crippen LogP contribution is 2.49. The van der Waals surface area contributed by atoms with Crippen molar-refractivity contribution >= 4 is 10.0 Å². The molecule has 6 nitrogen and oxygen atoms in total. The molecule has 0 aromatic carbocycles. The molecular formula is C15H24N4O2S. The van der Waals surface area contributed by atoms with Crippen LogP contribution >= 0.6 is 0 Å². The lowest BCUT2D eigenvalue weighted by molar-refractivity contribution is 0.256. The van der Waals surface area contributed by atoms with Crippen molar-refractivity contribution in [3.05, 3.63) is 12.3 Å². The number of hydrogen-bond donors (Lipinski definition) is 0. The van der Waals surface area contributed by atoms with Crippen LogP contribution in [0.3, 0.4) is 0 Å². The first-order chi connectivity index (χ1) is 10.5. The van der Waals surface area contributed by atoms with Gasteiger partial charge >= 0.3 is 0 Å². The molecule has 1 aliphatic heterocycles. The quantitative estimate of drug-likeness (QED) is 0.806. The fourth-order valence-corrected chi connectivity index (χ4v) is 5.77. The predicted octanol–water partition coefficient (Wildman–Crippen LogP) is 0.864. The zero-order valence-electron chi connectivity index (χ0n) is 13.2. The zero-order chi connectivity index (χ0) is 15.5.